The highest BCUT2D eigenvalue weighted by atomic mass is 35.5. The molecule has 0 aliphatic carbocycles. The van der Waals surface area contributed by atoms with E-state index in [1.165, 1.54) is 4.90 Å². The van der Waals surface area contributed by atoms with Crippen molar-refractivity contribution >= 4 is 34.0 Å². The Morgan fingerprint density at radius 3 is 2.79 bits per heavy atom. The normalized spacial score (nSPS) is 24.0. The number of likely N-dealkylation sites (tertiary alicyclic amines) is 2. The summed E-state index contributed by atoms with van der Waals surface area (Å²) in [7, 11) is 0. The number of alkyl halides is 1. The molecule has 1 aromatic carbocycles. The summed E-state index contributed by atoms with van der Waals surface area (Å²) in [5.41, 5.74) is 6.91. The van der Waals surface area contributed by atoms with E-state index < -0.39 is 12.3 Å². The predicted molar refractivity (Wildman–Crippen MR) is 109 cm³/mol. The number of amides is 1. The highest BCUT2D eigenvalue weighted by Crippen LogP contribution is 2.29. The van der Waals surface area contributed by atoms with Crippen molar-refractivity contribution in [1.29, 1.82) is 0 Å². The fourth-order valence-electron chi connectivity index (χ4n) is 4.13. The van der Waals surface area contributed by atoms with E-state index in [2.05, 4.69) is 21.3 Å². The zero-order chi connectivity index (χ0) is 19.7. The van der Waals surface area contributed by atoms with Crippen molar-refractivity contribution in [2.75, 3.05) is 31.5 Å². The van der Waals surface area contributed by atoms with E-state index in [-0.39, 0.29) is 18.9 Å². The molecule has 0 spiro atoms. The summed E-state index contributed by atoms with van der Waals surface area (Å²) in [6.45, 7) is 2.07. The Labute approximate surface area is 168 Å². The van der Waals surface area contributed by atoms with Crippen LogP contribution < -0.4 is 11.1 Å². The number of nitrogens with two attached hydrogens (primary N) is 1. The van der Waals surface area contributed by atoms with Gasteiger partial charge in [-0.1, -0.05) is 23.7 Å². The lowest BCUT2D eigenvalue weighted by Crippen LogP contribution is -2.48. The monoisotopic (exact) mass is 405 g/mol. The first-order valence-corrected chi connectivity index (χ1v) is 10.1. The molecule has 3 heterocycles. The number of aromatic nitrogens is 1. The molecule has 150 valence electrons. The van der Waals surface area contributed by atoms with Crippen molar-refractivity contribution in [3.63, 3.8) is 0 Å². The molecule has 1 aromatic heterocycles. The van der Waals surface area contributed by atoms with Gasteiger partial charge in [0, 0.05) is 48.2 Å². The number of hydrogen-bond donors (Lipinski definition) is 2. The Kier molecular flexibility index (Phi) is 5.66. The number of benzene rings is 1. The summed E-state index contributed by atoms with van der Waals surface area (Å²) in [6.07, 6.45) is 2.32. The third-order valence-corrected chi connectivity index (χ3v) is 5.98. The quantitative estimate of drug-likeness (QED) is 0.765. The number of nitrogens with one attached hydrogen (secondary N) is 1. The van der Waals surface area contributed by atoms with Gasteiger partial charge in [0.25, 0.3) is 0 Å². The number of carbonyl (C=O) groups excluding carboxylic acids is 1. The van der Waals surface area contributed by atoms with Crippen LogP contribution in [0.15, 0.2) is 30.5 Å². The summed E-state index contributed by atoms with van der Waals surface area (Å²) in [5, 5.41) is 6.11. The van der Waals surface area contributed by atoms with Crippen molar-refractivity contribution in [3.8, 4) is 0 Å². The van der Waals surface area contributed by atoms with Gasteiger partial charge >= 0.3 is 0 Å². The van der Waals surface area contributed by atoms with Gasteiger partial charge in [-0.05, 0) is 25.0 Å². The number of nitrogens with zero attached hydrogens (tertiary/aromatic N) is 3. The number of piperidine rings is 1. The van der Waals surface area contributed by atoms with Crippen molar-refractivity contribution < 1.29 is 9.18 Å². The molecular formula is C20H25ClFN5O. The van der Waals surface area contributed by atoms with Crippen molar-refractivity contribution in [2.24, 2.45) is 5.73 Å². The average molecular weight is 406 g/mol. The first-order chi connectivity index (χ1) is 13.5. The molecule has 3 N–H and O–H groups in total. The Hall–Kier alpha value is -1.96. The number of halogens is 2. The van der Waals surface area contributed by atoms with Gasteiger partial charge in [0.15, 0.2) is 0 Å². The van der Waals surface area contributed by atoms with E-state index in [1.54, 1.807) is 6.20 Å². The lowest BCUT2D eigenvalue weighted by atomic mass is 10.0. The van der Waals surface area contributed by atoms with Gasteiger partial charge in [-0.25, -0.2) is 9.37 Å². The molecule has 2 saturated heterocycles. The van der Waals surface area contributed by atoms with Crippen LogP contribution in [0.5, 0.6) is 0 Å². The van der Waals surface area contributed by atoms with E-state index in [0.29, 0.717) is 17.7 Å². The van der Waals surface area contributed by atoms with E-state index in [0.717, 1.165) is 42.4 Å². The minimum Gasteiger partial charge on any atom is -0.382 e. The fourth-order valence-corrected chi connectivity index (χ4v) is 4.36. The van der Waals surface area contributed by atoms with Gasteiger partial charge < -0.3 is 16.0 Å². The number of rotatable bonds is 4. The van der Waals surface area contributed by atoms with Gasteiger partial charge in [-0.3, -0.25) is 9.69 Å². The summed E-state index contributed by atoms with van der Waals surface area (Å²) in [6, 6.07) is 8.29. The van der Waals surface area contributed by atoms with Crippen molar-refractivity contribution in [3.05, 3.63) is 35.6 Å². The molecule has 0 radical (unpaired) electrons. The molecule has 0 saturated carbocycles. The SMILES string of the molecule is N[C@@H]1C[C@H](F)CN1C(=O)CN1CCC(Nc2cccc3c(Cl)nccc23)CC1. The Balaban J connectivity index is 1.33. The van der Waals surface area contributed by atoms with Crippen LogP contribution in [0, 0.1) is 0 Å². The molecule has 6 nitrogen and oxygen atoms in total. The molecule has 2 aromatic rings. The smallest absolute Gasteiger partial charge is 0.238 e. The highest BCUT2D eigenvalue weighted by molar-refractivity contribution is 6.34. The van der Waals surface area contributed by atoms with Gasteiger partial charge in [0.2, 0.25) is 5.91 Å². The minimum absolute atomic E-state index is 0.0738. The number of carbonyl (C=O) groups is 1. The molecule has 0 unspecified atom stereocenters. The standard InChI is InChI=1S/C20H25ClFN5O/c21-20-16-2-1-3-17(15(16)4-7-24-20)25-14-5-8-26(9-6-14)12-19(28)27-11-13(22)10-18(27)23/h1-4,7,13-14,18,25H,5-6,8-12,23H2/t13-,18-/m0/s1. The number of hydrogen-bond acceptors (Lipinski definition) is 5. The lowest BCUT2D eigenvalue weighted by molar-refractivity contribution is -0.133. The molecule has 0 bridgehead atoms. The Morgan fingerprint density at radius 2 is 2.07 bits per heavy atom. The Bertz CT molecular complexity index is 858. The Morgan fingerprint density at radius 1 is 1.29 bits per heavy atom. The molecule has 2 atom stereocenters. The second-order valence-corrected chi connectivity index (χ2v) is 8.00. The largest absolute Gasteiger partial charge is 0.382 e. The molecule has 8 heteroatoms. The molecule has 2 fully saturated rings. The molecule has 2 aliphatic heterocycles. The topological polar surface area (TPSA) is 74.5 Å². The van der Waals surface area contributed by atoms with Crippen LogP contribution in [0.2, 0.25) is 5.15 Å². The van der Waals surface area contributed by atoms with Crippen LogP contribution in [0.25, 0.3) is 10.8 Å². The maximum Gasteiger partial charge on any atom is 0.238 e. The van der Waals surface area contributed by atoms with Gasteiger partial charge in [0.1, 0.15) is 11.3 Å². The van der Waals surface area contributed by atoms with Crippen molar-refractivity contribution in [1.82, 2.24) is 14.8 Å². The van der Waals surface area contributed by atoms with Crippen molar-refractivity contribution in [2.45, 2.75) is 37.6 Å². The zero-order valence-corrected chi connectivity index (χ0v) is 16.4. The van der Waals surface area contributed by atoms with Gasteiger partial charge in [-0.15, -0.1) is 0 Å². The zero-order valence-electron chi connectivity index (χ0n) is 15.7. The summed E-state index contributed by atoms with van der Waals surface area (Å²) >= 11 is 6.20. The first-order valence-electron chi connectivity index (χ1n) is 9.72. The van der Waals surface area contributed by atoms with Crippen LogP contribution in [-0.2, 0) is 4.79 Å². The maximum atomic E-state index is 13.4. The van der Waals surface area contributed by atoms with Gasteiger partial charge in [-0.2, -0.15) is 0 Å². The minimum atomic E-state index is -1.00. The molecule has 2 aliphatic rings. The second-order valence-electron chi connectivity index (χ2n) is 7.64. The third-order valence-electron chi connectivity index (χ3n) is 5.68. The van der Waals surface area contributed by atoms with E-state index >= 15 is 0 Å². The van der Waals surface area contributed by atoms with Gasteiger partial charge in [0.05, 0.1) is 19.3 Å². The molecule has 28 heavy (non-hydrogen) atoms. The average Bonchev–Trinajstić information content (AvgIpc) is 3.02. The predicted octanol–water partition coefficient (Wildman–Crippen LogP) is 2.62. The highest BCUT2D eigenvalue weighted by Gasteiger charge is 2.33. The third kappa shape index (κ3) is 4.06. The number of pyridine rings is 1. The van der Waals surface area contributed by atoms with Crippen LogP contribution in [0.4, 0.5) is 10.1 Å². The fraction of sp³-hybridized carbons (Fsp3) is 0.500. The second kappa shape index (κ2) is 8.19. The summed E-state index contributed by atoms with van der Waals surface area (Å²) < 4.78 is 13.4. The molecular weight excluding hydrogens is 381 g/mol. The van der Waals surface area contributed by atoms with Crippen LogP contribution in [0.3, 0.4) is 0 Å². The van der Waals surface area contributed by atoms with Crippen LogP contribution in [-0.4, -0.2) is 65.2 Å². The number of anilines is 1. The number of fused-ring (bicyclic) bond motifs is 1. The molecule has 4 rings (SSSR count). The summed E-state index contributed by atoms with van der Waals surface area (Å²) in [5.74, 6) is -0.0738. The van der Waals surface area contributed by atoms with Crippen LogP contribution >= 0.6 is 11.6 Å². The lowest BCUT2D eigenvalue weighted by Gasteiger charge is -2.34. The summed E-state index contributed by atoms with van der Waals surface area (Å²) in [4.78, 5) is 20.2. The molecule has 1 amide bonds. The van der Waals surface area contributed by atoms with E-state index in [4.69, 9.17) is 17.3 Å². The van der Waals surface area contributed by atoms with E-state index in [9.17, 15) is 9.18 Å². The maximum absolute atomic E-state index is 13.4. The van der Waals surface area contributed by atoms with E-state index in [1.807, 2.05) is 18.2 Å². The first kappa shape index (κ1) is 19.4. The van der Waals surface area contributed by atoms with Crippen LogP contribution in [0.1, 0.15) is 19.3 Å².